The summed E-state index contributed by atoms with van der Waals surface area (Å²) in [6.07, 6.45) is 0. The molecule has 0 bridgehead atoms. The largest absolute Gasteiger partial charge is 0.399 e. The summed E-state index contributed by atoms with van der Waals surface area (Å²) < 4.78 is 0. The highest BCUT2D eigenvalue weighted by Crippen LogP contribution is 2.26. The van der Waals surface area contributed by atoms with Crippen LogP contribution in [0.4, 0.5) is 5.69 Å². The van der Waals surface area contributed by atoms with Crippen LogP contribution in [-0.2, 0) is 0 Å². The first-order chi connectivity index (χ1) is 7.78. The molecule has 2 aromatic rings. The normalized spacial score (nSPS) is 9.69. The van der Waals surface area contributed by atoms with Crippen molar-refractivity contribution < 1.29 is 0 Å². The summed E-state index contributed by atoms with van der Waals surface area (Å²) in [4.78, 5) is 5.23. The van der Waals surface area contributed by atoms with Crippen LogP contribution in [0, 0.1) is 11.3 Å². The Kier molecular flexibility index (Phi) is 3.08. The topological polar surface area (TPSA) is 62.7 Å². The minimum atomic E-state index is 0.431. The van der Waals surface area contributed by atoms with E-state index in [1.807, 2.05) is 42.5 Å². The number of hydrogen-bond donors (Lipinski definition) is 1. The van der Waals surface area contributed by atoms with E-state index in [0.29, 0.717) is 5.69 Å². The summed E-state index contributed by atoms with van der Waals surface area (Å²) in [5.41, 5.74) is 6.77. The zero-order chi connectivity index (χ0) is 11.4. The lowest BCUT2D eigenvalue weighted by Gasteiger charge is -2.01. The van der Waals surface area contributed by atoms with Crippen molar-refractivity contribution in [3.05, 3.63) is 48.2 Å². The van der Waals surface area contributed by atoms with Gasteiger partial charge in [-0.05, 0) is 36.4 Å². The maximum absolute atomic E-state index is 8.73. The molecule has 1 heterocycles. The Morgan fingerprint density at radius 3 is 2.56 bits per heavy atom. The van der Waals surface area contributed by atoms with Gasteiger partial charge in [0.15, 0.2) is 0 Å². The SMILES string of the molecule is N#Cc1cccc(Sc2ccc(N)cc2)n1. The predicted octanol–water partition coefficient (Wildman–Crippen LogP) is 2.69. The summed E-state index contributed by atoms with van der Waals surface area (Å²) >= 11 is 1.51. The Morgan fingerprint density at radius 1 is 1.12 bits per heavy atom. The number of hydrogen-bond acceptors (Lipinski definition) is 4. The summed E-state index contributed by atoms with van der Waals surface area (Å²) in [7, 11) is 0. The van der Waals surface area contributed by atoms with Gasteiger partial charge in [-0.1, -0.05) is 17.8 Å². The first-order valence-electron chi connectivity index (χ1n) is 4.68. The number of rotatable bonds is 2. The number of aromatic nitrogens is 1. The van der Waals surface area contributed by atoms with Crippen molar-refractivity contribution in [3.8, 4) is 6.07 Å². The molecule has 16 heavy (non-hydrogen) atoms. The second-order valence-corrected chi connectivity index (χ2v) is 4.24. The number of nitrogens with zero attached hydrogens (tertiary/aromatic N) is 2. The van der Waals surface area contributed by atoms with E-state index in [-0.39, 0.29) is 0 Å². The van der Waals surface area contributed by atoms with Crippen LogP contribution in [0.5, 0.6) is 0 Å². The van der Waals surface area contributed by atoms with Gasteiger partial charge in [-0.25, -0.2) is 4.98 Å². The third-order valence-electron chi connectivity index (χ3n) is 1.94. The number of pyridine rings is 1. The van der Waals surface area contributed by atoms with Gasteiger partial charge in [0.2, 0.25) is 0 Å². The molecule has 0 aliphatic rings. The summed E-state index contributed by atoms with van der Waals surface area (Å²) in [5, 5.41) is 9.54. The van der Waals surface area contributed by atoms with Gasteiger partial charge in [-0.3, -0.25) is 0 Å². The van der Waals surface area contributed by atoms with Gasteiger partial charge >= 0.3 is 0 Å². The van der Waals surface area contributed by atoms with E-state index < -0.39 is 0 Å². The van der Waals surface area contributed by atoms with E-state index in [2.05, 4.69) is 4.98 Å². The molecule has 0 spiro atoms. The maximum Gasteiger partial charge on any atom is 0.141 e. The number of nitrogens with two attached hydrogens (primary N) is 1. The highest BCUT2D eigenvalue weighted by atomic mass is 32.2. The number of nitriles is 1. The summed E-state index contributed by atoms with van der Waals surface area (Å²) in [6, 6.07) is 15.0. The molecule has 0 fully saturated rings. The zero-order valence-corrected chi connectivity index (χ0v) is 9.24. The summed E-state index contributed by atoms with van der Waals surface area (Å²) in [5.74, 6) is 0. The van der Waals surface area contributed by atoms with Gasteiger partial charge in [0, 0.05) is 10.6 Å². The van der Waals surface area contributed by atoms with Gasteiger partial charge < -0.3 is 5.73 Å². The molecule has 1 aromatic carbocycles. The smallest absolute Gasteiger partial charge is 0.141 e. The average molecular weight is 227 g/mol. The van der Waals surface area contributed by atoms with Crippen molar-refractivity contribution in [2.45, 2.75) is 9.92 Å². The second kappa shape index (κ2) is 4.69. The molecule has 0 aliphatic heterocycles. The van der Waals surface area contributed by atoms with Crippen molar-refractivity contribution in [1.82, 2.24) is 4.98 Å². The Morgan fingerprint density at radius 2 is 1.88 bits per heavy atom. The van der Waals surface area contributed by atoms with Gasteiger partial charge in [0.25, 0.3) is 0 Å². The standard InChI is InChI=1S/C12H9N3S/c13-8-10-2-1-3-12(15-10)16-11-6-4-9(14)5-7-11/h1-7H,14H2. The molecule has 0 saturated carbocycles. The number of benzene rings is 1. The van der Waals surface area contributed by atoms with E-state index in [1.54, 1.807) is 6.07 Å². The molecule has 0 radical (unpaired) electrons. The van der Waals surface area contributed by atoms with Gasteiger partial charge in [0.1, 0.15) is 16.8 Å². The molecule has 0 saturated heterocycles. The Balaban J connectivity index is 2.21. The van der Waals surface area contributed by atoms with Crippen molar-refractivity contribution in [3.63, 3.8) is 0 Å². The lowest BCUT2D eigenvalue weighted by atomic mass is 10.3. The van der Waals surface area contributed by atoms with E-state index in [0.717, 1.165) is 15.6 Å². The van der Waals surface area contributed by atoms with Crippen molar-refractivity contribution in [2.75, 3.05) is 5.73 Å². The minimum Gasteiger partial charge on any atom is -0.399 e. The molecule has 0 amide bonds. The highest BCUT2D eigenvalue weighted by molar-refractivity contribution is 7.99. The quantitative estimate of drug-likeness (QED) is 0.801. The molecule has 0 aliphatic carbocycles. The second-order valence-electron chi connectivity index (χ2n) is 3.14. The number of anilines is 1. The van der Waals surface area contributed by atoms with E-state index in [9.17, 15) is 0 Å². The molecular formula is C12H9N3S. The molecule has 0 unspecified atom stereocenters. The van der Waals surface area contributed by atoms with Gasteiger partial charge in [0.05, 0.1) is 0 Å². The first-order valence-corrected chi connectivity index (χ1v) is 5.50. The van der Waals surface area contributed by atoms with Crippen LogP contribution >= 0.6 is 11.8 Å². The van der Waals surface area contributed by atoms with E-state index >= 15 is 0 Å². The van der Waals surface area contributed by atoms with E-state index in [4.69, 9.17) is 11.0 Å². The molecule has 78 valence electrons. The fraction of sp³-hybridized carbons (Fsp3) is 0. The zero-order valence-electron chi connectivity index (χ0n) is 8.42. The predicted molar refractivity (Wildman–Crippen MR) is 63.9 cm³/mol. The van der Waals surface area contributed by atoms with Crippen molar-refractivity contribution in [2.24, 2.45) is 0 Å². The van der Waals surface area contributed by atoms with Crippen LogP contribution in [0.1, 0.15) is 5.69 Å². The minimum absolute atomic E-state index is 0.431. The third kappa shape index (κ3) is 2.53. The Labute approximate surface area is 97.9 Å². The number of nitrogen functional groups attached to an aromatic ring is 1. The lowest BCUT2D eigenvalue weighted by molar-refractivity contribution is 1.10. The lowest BCUT2D eigenvalue weighted by Crippen LogP contribution is -1.85. The highest BCUT2D eigenvalue weighted by Gasteiger charge is 1.99. The molecule has 2 N–H and O–H groups in total. The first kappa shape index (κ1) is 10.5. The van der Waals surface area contributed by atoms with Crippen LogP contribution < -0.4 is 5.73 Å². The van der Waals surface area contributed by atoms with Crippen molar-refractivity contribution >= 4 is 17.4 Å². The van der Waals surface area contributed by atoms with Crippen LogP contribution in [0.25, 0.3) is 0 Å². The monoisotopic (exact) mass is 227 g/mol. The van der Waals surface area contributed by atoms with E-state index in [1.165, 1.54) is 11.8 Å². The molecule has 2 rings (SSSR count). The van der Waals surface area contributed by atoms with Crippen molar-refractivity contribution in [1.29, 1.82) is 5.26 Å². The summed E-state index contributed by atoms with van der Waals surface area (Å²) in [6.45, 7) is 0. The fourth-order valence-electron chi connectivity index (χ4n) is 1.19. The molecule has 3 nitrogen and oxygen atoms in total. The Bertz CT molecular complexity index is 529. The molecule has 4 heteroatoms. The Hall–Kier alpha value is -1.99. The third-order valence-corrected chi connectivity index (χ3v) is 2.88. The average Bonchev–Trinajstić information content (AvgIpc) is 2.32. The van der Waals surface area contributed by atoms with Crippen LogP contribution in [0.15, 0.2) is 52.4 Å². The van der Waals surface area contributed by atoms with Gasteiger partial charge in [-0.2, -0.15) is 5.26 Å². The van der Waals surface area contributed by atoms with Gasteiger partial charge in [-0.15, -0.1) is 0 Å². The van der Waals surface area contributed by atoms with Crippen LogP contribution in [0.2, 0.25) is 0 Å². The molecule has 0 atom stereocenters. The molecular weight excluding hydrogens is 218 g/mol. The maximum atomic E-state index is 8.73. The molecule has 1 aromatic heterocycles. The fourth-order valence-corrected chi connectivity index (χ4v) is 1.99. The van der Waals surface area contributed by atoms with Crippen LogP contribution in [0.3, 0.4) is 0 Å². The van der Waals surface area contributed by atoms with Crippen LogP contribution in [-0.4, -0.2) is 4.98 Å².